The molecule has 3 radical (unpaired) electrons. The summed E-state index contributed by atoms with van der Waals surface area (Å²) in [5, 5.41) is 0. The van der Waals surface area contributed by atoms with Gasteiger partial charge in [-0.3, -0.25) is 0 Å². The molecule has 0 saturated heterocycles. The third-order valence-electron chi connectivity index (χ3n) is 0. The Bertz CT molecular complexity index is 8.04. The fourth-order valence-corrected chi connectivity index (χ4v) is 0. The van der Waals surface area contributed by atoms with Gasteiger partial charge in [0.25, 0.3) is 0 Å². The normalized spacial score (nSPS) is 0. The maximum Gasteiger partial charge on any atom is 2.00 e. The van der Waals surface area contributed by atoms with E-state index in [2.05, 4.69) is 0 Å². The van der Waals surface area contributed by atoms with Crippen LogP contribution < -0.4 is 0 Å². The van der Waals surface area contributed by atoms with Gasteiger partial charge in [0, 0.05) is 19.8 Å². The molecule has 5 N–H and O–H groups in total. The average molecular weight is 213 g/mol. The van der Waals surface area contributed by atoms with Crippen LogP contribution in [0.2, 0.25) is 0 Å². The molecule has 5 nitrogen and oxygen atoms in total. The molecule has 0 saturated carbocycles. The largest absolute Gasteiger partial charge is 2.00 e. The molecule has 7 heteroatoms. The molecule has 0 fully saturated rings. The van der Waals surface area contributed by atoms with Crippen molar-refractivity contribution in [3.63, 3.8) is 0 Å². The van der Waals surface area contributed by atoms with E-state index >= 15 is 0 Å². The topological polar surface area (TPSA) is 150 Å². The molecule has 0 rings (SSSR count). The zero-order chi connectivity index (χ0) is 0. The summed E-state index contributed by atoms with van der Waals surface area (Å²) in [6.45, 7) is 0. The molecule has 0 aliphatic carbocycles. The van der Waals surface area contributed by atoms with Crippen LogP contribution >= 0.6 is 0 Å². The zero-order valence-corrected chi connectivity index (χ0v) is 6.54. The van der Waals surface area contributed by atoms with Crippen LogP contribution in [-0.2, 0) is 16.5 Å². The minimum atomic E-state index is 0. The van der Waals surface area contributed by atoms with Crippen LogP contribution in [0.4, 0.5) is 0 Å². The number of hydrogen-bond donors (Lipinski definition) is 0. The van der Waals surface area contributed by atoms with Crippen LogP contribution in [0.5, 0.6) is 0 Å². The Balaban J connectivity index is 0. The van der Waals surface area contributed by atoms with Crippen LogP contribution in [0.15, 0.2) is 0 Å². The van der Waals surface area contributed by atoms with E-state index in [-0.39, 0.29) is 63.7 Å². The molecule has 0 bridgehead atoms. The predicted molar refractivity (Wildman–Crippen MR) is 15.4 cm³/mol. The van der Waals surface area contributed by atoms with Crippen molar-refractivity contribution in [2.75, 3.05) is 0 Å². The first-order valence-corrected chi connectivity index (χ1v) is 0. The van der Waals surface area contributed by atoms with Crippen molar-refractivity contribution in [3.05, 3.63) is 0 Å². The summed E-state index contributed by atoms with van der Waals surface area (Å²) in [7, 11) is 0. The first-order valence-electron chi connectivity index (χ1n) is 0. The molecule has 0 aromatic rings. The third kappa shape index (κ3) is 195. The summed E-state index contributed by atoms with van der Waals surface area (Å²) in [5.41, 5.74) is 0. The van der Waals surface area contributed by atoms with Crippen LogP contribution in [0.1, 0.15) is 0 Å². The van der Waals surface area contributed by atoms with Crippen LogP contribution in [0, 0.1) is 0 Å². The molecule has 51 valence electrons. The molecule has 0 aliphatic rings. The fourth-order valence-electron chi connectivity index (χ4n) is 0. The summed E-state index contributed by atoms with van der Waals surface area (Å²) in [6, 6.07) is 0. The molecule has 0 unspecified atom stereocenters. The monoisotopic (exact) mass is 212 g/mol. The van der Waals surface area contributed by atoms with Crippen molar-refractivity contribution in [3.8, 4) is 0 Å². The zero-order valence-electron chi connectivity index (χ0n) is 3.13. The van der Waals surface area contributed by atoms with E-state index in [1.54, 1.807) is 0 Å². The summed E-state index contributed by atoms with van der Waals surface area (Å²) in [6.07, 6.45) is 0. The van der Waals surface area contributed by atoms with E-state index in [0.717, 1.165) is 0 Å². The summed E-state index contributed by atoms with van der Waals surface area (Å²) in [4.78, 5) is 0. The molecule has 0 atom stereocenters. The van der Waals surface area contributed by atoms with Gasteiger partial charge in [-0.1, -0.05) is 0 Å². The molecule has 0 spiro atoms. The van der Waals surface area contributed by atoms with Gasteiger partial charge in [0.2, 0.25) is 0 Å². The minimum Gasteiger partial charge on any atom is -0.870 e. The Labute approximate surface area is 64.0 Å². The molecule has 0 heterocycles. The van der Waals surface area contributed by atoms with E-state index in [1.165, 1.54) is 0 Å². The first-order chi connectivity index (χ1) is 0. The average Bonchev–Trinajstić information content (AvgIpc) is 0. The van der Waals surface area contributed by atoms with Gasteiger partial charge in [-0.25, -0.2) is 0 Å². The summed E-state index contributed by atoms with van der Waals surface area (Å²) in [5.74, 6) is 0. The van der Waals surface area contributed by atoms with Crippen LogP contribution in [0.3, 0.4) is 0 Å². The van der Waals surface area contributed by atoms with Crippen molar-refractivity contribution in [1.29, 1.82) is 0 Å². The minimum absolute atomic E-state index is 0. The maximum atomic E-state index is 0. The van der Waals surface area contributed by atoms with E-state index in [1.807, 2.05) is 0 Å². The van der Waals surface area contributed by atoms with Crippen LogP contribution in [-0.4, -0.2) is 47.2 Å². The molecule has 0 aromatic heterocycles. The Kier molecular flexibility index (Phi) is 17700. The van der Waals surface area contributed by atoms with Gasteiger partial charge >= 0.3 is 16.5 Å². The smallest absolute Gasteiger partial charge is 0.870 e. The van der Waals surface area contributed by atoms with Gasteiger partial charge in [0.05, 0.1) is 0 Å². The van der Waals surface area contributed by atoms with Gasteiger partial charge in [0.1, 0.15) is 0 Å². The second-order valence-electron chi connectivity index (χ2n) is 0. The number of rotatable bonds is 0. The van der Waals surface area contributed by atoms with E-state index in [0.29, 0.717) is 0 Å². The van der Waals surface area contributed by atoms with E-state index in [4.69, 9.17) is 0 Å². The second kappa shape index (κ2) is 282. The molecule has 0 aliphatic heterocycles. The third-order valence-corrected chi connectivity index (χ3v) is 0. The maximum absolute atomic E-state index is 0. The summed E-state index contributed by atoms with van der Waals surface area (Å²) < 4.78 is 0. The van der Waals surface area contributed by atoms with Gasteiger partial charge in [-0.15, -0.1) is 0 Å². The van der Waals surface area contributed by atoms with Crippen LogP contribution in [0.25, 0.3) is 0 Å². The molecule has 0 amide bonds. The Morgan fingerprint density at radius 1 is 0.429 bits per heavy atom. The van der Waals surface area contributed by atoms with Crippen molar-refractivity contribution >= 4 is 19.8 Å². The van der Waals surface area contributed by atoms with Crippen molar-refractivity contribution < 1.29 is 43.9 Å². The van der Waals surface area contributed by atoms with Gasteiger partial charge < -0.3 is 27.4 Å². The summed E-state index contributed by atoms with van der Waals surface area (Å²) >= 11 is 0. The second-order valence-corrected chi connectivity index (χ2v) is 0. The molecule has 0 aromatic carbocycles. The van der Waals surface area contributed by atoms with E-state index in [9.17, 15) is 0 Å². The molecular weight excluding hydrogens is 208 g/mol. The SMILES string of the molecule is [Ga].[Ni+2].[OH-].[OH-].[OH-].[OH-].[OH-]. The Hall–Kier alpha value is 0.930. The Morgan fingerprint density at radius 2 is 0.429 bits per heavy atom. The van der Waals surface area contributed by atoms with Crippen molar-refractivity contribution in [1.82, 2.24) is 0 Å². The molecule has 7 heavy (non-hydrogen) atoms. The predicted octanol–water partition coefficient (Wildman–Crippen LogP) is -1.27. The van der Waals surface area contributed by atoms with Crippen molar-refractivity contribution in [2.45, 2.75) is 0 Å². The van der Waals surface area contributed by atoms with Gasteiger partial charge in [-0.05, 0) is 0 Å². The van der Waals surface area contributed by atoms with E-state index < -0.39 is 0 Å². The quantitative estimate of drug-likeness (QED) is 0.460. The fraction of sp³-hybridized carbons (Fsp3) is 0. The Morgan fingerprint density at radius 3 is 0.429 bits per heavy atom. The standard InChI is InChI=1S/Ga.Ni.5H2O/h;;5*1H2/q;+2;;;;;/p-5. The van der Waals surface area contributed by atoms with Gasteiger partial charge in [-0.2, -0.15) is 0 Å². The number of hydrogen-bond acceptors (Lipinski definition) is 5. The van der Waals surface area contributed by atoms with Crippen molar-refractivity contribution in [2.24, 2.45) is 0 Å². The molecular formula is H5GaNiO5-3. The first kappa shape index (κ1) is 440. The van der Waals surface area contributed by atoms with Gasteiger partial charge in [0.15, 0.2) is 0 Å².